The molecule has 0 unspecified atom stereocenters. The molecule has 1 aromatic rings. The van der Waals surface area contributed by atoms with Gasteiger partial charge < -0.3 is 9.84 Å². The second-order valence-electron chi connectivity index (χ2n) is 4.41. The van der Waals surface area contributed by atoms with Gasteiger partial charge in [0.2, 0.25) is 0 Å². The van der Waals surface area contributed by atoms with Crippen LogP contribution in [0.1, 0.15) is 49.2 Å². The fourth-order valence-electron chi connectivity index (χ4n) is 2.39. The van der Waals surface area contributed by atoms with Gasteiger partial charge >= 0.3 is 0 Å². The first-order valence-electron chi connectivity index (χ1n) is 5.91. The summed E-state index contributed by atoms with van der Waals surface area (Å²) >= 11 is 1.62. The van der Waals surface area contributed by atoms with E-state index in [1.807, 2.05) is 5.38 Å². The molecule has 0 spiro atoms. The Kier molecular flexibility index (Phi) is 3.95. The zero-order chi connectivity index (χ0) is 11.4. The second kappa shape index (κ2) is 5.25. The van der Waals surface area contributed by atoms with E-state index in [9.17, 15) is 0 Å². The molecule has 1 N–H and O–H groups in total. The lowest BCUT2D eigenvalue weighted by Gasteiger charge is -2.29. The van der Waals surface area contributed by atoms with Crippen molar-refractivity contribution in [1.82, 2.24) is 4.98 Å². The van der Waals surface area contributed by atoms with Gasteiger partial charge in [0.1, 0.15) is 10.6 Å². The molecule has 0 aromatic carbocycles. The number of aliphatic hydroxyl groups is 1. The second-order valence-corrected chi connectivity index (χ2v) is 5.27. The molecular formula is C12H19NO2S. The zero-order valence-electron chi connectivity index (χ0n) is 9.74. The fraction of sp³-hybridized carbons (Fsp3) is 0.750. The highest BCUT2D eigenvalue weighted by molar-refractivity contribution is 7.09. The van der Waals surface area contributed by atoms with Crippen molar-refractivity contribution in [3.05, 3.63) is 16.1 Å². The van der Waals surface area contributed by atoms with E-state index in [1.165, 1.54) is 25.7 Å². The van der Waals surface area contributed by atoms with E-state index >= 15 is 0 Å². The van der Waals surface area contributed by atoms with Crippen LogP contribution >= 0.6 is 11.3 Å². The first kappa shape index (κ1) is 12.0. The Morgan fingerprint density at radius 1 is 1.38 bits per heavy atom. The molecule has 1 heterocycles. The van der Waals surface area contributed by atoms with E-state index in [0.29, 0.717) is 0 Å². The first-order chi connectivity index (χ1) is 7.80. The van der Waals surface area contributed by atoms with Crippen LogP contribution in [0.3, 0.4) is 0 Å². The number of thiazole rings is 1. The molecular weight excluding hydrogens is 222 g/mol. The quantitative estimate of drug-likeness (QED) is 0.827. The van der Waals surface area contributed by atoms with Crippen LogP contribution in [0.25, 0.3) is 0 Å². The Balaban J connectivity index is 2.24. The lowest BCUT2D eigenvalue weighted by atomic mass is 9.95. The third-order valence-electron chi connectivity index (χ3n) is 3.41. The number of hydrogen-bond acceptors (Lipinski definition) is 4. The van der Waals surface area contributed by atoms with E-state index in [4.69, 9.17) is 9.84 Å². The number of methoxy groups -OCH3 is 1. The van der Waals surface area contributed by atoms with E-state index in [2.05, 4.69) is 4.98 Å². The highest BCUT2D eigenvalue weighted by Gasteiger charge is 2.35. The maximum atomic E-state index is 9.06. The Bertz CT molecular complexity index is 330. The predicted molar refractivity (Wildman–Crippen MR) is 64.4 cm³/mol. The van der Waals surface area contributed by atoms with Gasteiger partial charge in [-0.1, -0.05) is 25.7 Å². The normalized spacial score (nSPS) is 20.6. The summed E-state index contributed by atoms with van der Waals surface area (Å²) in [6.45, 7) is 0.0241. The molecule has 0 amide bonds. The molecule has 1 aliphatic carbocycles. The molecule has 0 atom stereocenters. The van der Waals surface area contributed by atoms with Crippen molar-refractivity contribution in [3.63, 3.8) is 0 Å². The largest absolute Gasteiger partial charge is 0.390 e. The summed E-state index contributed by atoms with van der Waals surface area (Å²) in [7, 11) is 1.78. The minimum atomic E-state index is -0.186. The summed E-state index contributed by atoms with van der Waals surface area (Å²) in [6, 6.07) is 0. The Morgan fingerprint density at radius 2 is 2.06 bits per heavy atom. The maximum Gasteiger partial charge on any atom is 0.125 e. The van der Waals surface area contributed by atoms with Gasteiger partial charge in [0.25, 0.3) is 0 Å². The molecule has 2 rings (SSSR count). The summed E-state index contributed by atoms with van der Waals surface area (Å²) in [5.41, 5.74) is 0.579. The highest BCUT2D eigenvalue weighted by Crippen LogP contribution is 2.40. The molecule has 1 aliphatic rings. The predicted octanol–water partition coefficient (Wildman–Crippen LogP) is 2.83. The highest BCUT2D eigenvalue weighted by atomic mass is 32.1. The van der Waals surface area contributed by atoms with Crippen molar-refractivity contribution >= 4 is 11.3 Å². The van der Waals surface area contributed by atoms with E-state index in [1.54, 1.807) is 18.4 Å². The first-order valence-corrected chi connectivity index (χ1v) is 6.79. The van der Waals surface area contributed by atoms with Gasteiger partial charge in [0.05, 0.1) is 12.3 Å². The zero-order valence-corrected chi connectivity index (χ0v) is 10.6. The molecule has 0 radical (unpaired) electrons. The van der Waals surface area contributed by atoms with E-state index in [0.717, 1.165) is 23.5 Å². The number of rotatable bonds is 3. The smallest absolute Gasteiger partial charge is 0.125 e. The van der Waals surface area contributed by atoms with Gasteiger partial charge in [-0.05, 0) is 12.8 Å². The summed E-state index contributed by atoms with van der Waals surface area (Å²) in [5, 5.41) is 12.0. The van der Waals surface area contributed by atoms with Crippen molar-refractivity contribution in [1.29, 1.82) is 0 Å². The molecule has 1 fully saturated rings. The topological polar surface area (TPSA) is 42.4 Å². The van der Waals surface area contributed by atoms with Gasteiger partial charge in [-0.2, -0.15) is 0 Å². The van der Waals surface area contributed by atoms with Gasteiger partial charge in [-0.25, -0.2) is 4.98 Å². The SMILES string of the molecule is COC1(c2nc(CO)cs2)CCCCCC1. The van der Waals surface area contributed by atoms with Crippen LogP contribution in [0.2, 0.25) is 0 Å². The van der Waals surface area contributed by atoms with Crippen LogP contribution in [0.15, 0.2) is 5.38 Å². The summed E-state index contributed by atoms with van der Waals surface area (Å²) in [4.78, 5) is 4.48. The minimum Gasteiger partial charge on any atom is -0.390 e. The van der Waals surface area contributed by atoms with E-state index in [-0.39, 0.29) is 12.2 Å². The minimum absolute atomic E-state index is 0.0241. The van der Waals surface area contributed by atoms with Crippen LogP contribution in [0, 0.1) is 0 Å². The van der Waals surface area contributed by atoms with Crippen LogP contribution in [0.5, 0.6) is 0 Å². The lowest BCUT2D eigenvalue weighted by Crippen LogP contribution is -2.27. The Labute approximate surface area is 100 Å². The molecule has 90 valence electrons. The Hall–Kier alpha value is -0.450. The molecule has 16 heavy (non-hydrogen) atoms. The molecule has 3 nitrogen and oxygen atoms in total. The average molecular weight is 241 g/mol. The van der Waals surface area contributed by atoms with Crippen molar-refractivity contribution in [2.75, 3.05) is 7.11 Å². The van der Waals surface area contributed by atoms with Crippen molar-refractivity contribution in [2.45, 2.75) is 50.7 Å². The van der Waals surface area contributed by atoms with E-state index < -0.39 is 0 Å². The van der Waals surface area contributed by atoms with Crippen LogP contribution < -0.4 is 0 Å². The lowest BCUT2D eigenvalue weighted by molar-refractivity contribution is -0.0281. The molecule has 0 bridgehead atoms. The Morgan fingerprint density at radius 3 is 2.56 bits per heavy atom. The van der Waals surface area contributed by atoms with Crippen molar-refractivity contribution < 1.29 is 9.84 Å². The van der Waals surface area contributed by atoms with Crippen molar-refractivity contribution in [2.24, 2.45) is 0 Å². The number of ether oxygens (including phenoxy) is 1. The molecule has 0 aliphatic heterocycles. The molecule has 4 heteroatoms. The summed E-state index contributed by atoms with van der Waals surface area (Å²) in [5.74, 6) is 0. The number of aliphatic hydroxyl groups excluding tert-OH is 1. The third kappa shape index (κ3) is 2.29. The van der Waals surface area contributed by atoms with Gasteiger partial charge in [0.15, 0.2) is 0 Å². The standard InChI is InChI=1S/C12H19NO2S/c1-15-12(6-4-2-3-5-7-12)11-13-10(8-14)9-16-11/h9,14H,2-8H2,1H3. The van der Waals surface area contributed by atoms with Gasteiger partial charge in [0, 0.05) is 12.5 Å². The average Bonchev–Trinajstić information content (AvgIpc) is 2.68. The fourth-order valence-corrected chi connectivity index (χ4v) is 3.44. The maximum absolute atomic E-state index is 9.06. The van der Waals surface area contributed by atoms with Crippen LogP contribution in [-0.2, 0) is 16.9 Å². The molecule has 0 saturated heterocycles. The number of nitrogens with zero attached hydrogens (tertiary/aromatic N) is 1. The molecule has 1 saturated carbocycles. The molecule has 1 aromatic heterocycles. The number of hydrogen-bond donors (Lipinski definition) is 1. The number of aromatic nitrogens is 1. The van der Waals surface area contributed by atoms with Crippen LogP contribution in [-0.4, -0.2) is 17.2 Å². The third-order valence-corrected chi connectivity index (χ3v) is 4.48. The van der Waals surface area contributed by atoms with Crippen molar-refractivity contribution in [3.8, 4) is 0 Å². The van der Waals surface area contributed by atoms with Crippen LogP contribution in [0.4, 0.5) is 0 Å². The summed E-state index contributed by atoms with van der Waals surface area (Å²) in [6.07, 6.45) is 7.13. The van der Waals surface area contributed by atoms with Gasteiger partial charge in [-0.15, -0.1) is 11.3 Å². The van der Waals surface area contributed by atoms with Gasteiger partial charge in [-0.3, -0.25) is 0 Å². The monoisotopic (exact) mass is 241 g/mol. The summed E-state index contributed by atoms with van der Waals surface area (Å²) < 4.78 is 5.77.